The predicted molar refractivity (Wildman–Crippen MR) is 70.0 cm³/mol. The summed E-state index contributed by atoms with van der Waals surface area (Å²) in [5.74, 6) is 0.0642. The average molecular weight is 255 g/mol. The molecule has 1 aromatic carbocycles. The molecule has 4 heteroatoms. The van der Waals surface area contributed by atoms with E-state index in [1.807, 2.05) is 13.8 Å². The zero-order valence-electron chi connectivity index (χ0n) is 11.4. The van der Waals surface area contributed by atoms with Gasteiger partial charge in [-0.1, -0.05) is 19.9 Å². The lowest BCUT2D eigenvalue weighted by Gasteiger charge is -2.28. The molecule has 3 N–H and O–H groups in total. The largest absolute Gasteiger partial charge is 0.490 e. The van der Waals surface area contributed by atoms with Crippen molar-refractivity contribution in [1.29, 1.82) is 0 Å². The van der Waals surface area contributed by atoms with Gasteiger partial charge in [0, 0.05) is 17.7 Å². The normalized spacial score (nSPS) is 16.4. The highest BCUT2D eigenvalue weighted by Crippen LogP contribution is 2.26. The molecule has 0 bridgehead atoms. The van der Waals surface area contributed by atoms with Gasteiger partial charge >= 0.3 is 0 Å². The molecule has 0 saturated carbocycles. The molecule has 0 aliphatic heterocycles. The summed E-state index contributed by atoms with van der Waals surface area (Å²) in [6, 6.07) is 4.02. The Morgan fingerprint density at radius 1 is 1.39 bits per heavy atom. The SMILES string of the molecule is CC(N)c1ccc(F)cc1OCC(C)(O)C(C)C. The summed E-state index contributed by atoms with van der Waals surface area (Å²) in [6.45, 7) is 7.42. The van der Waals surface area contributed by atoms with E-state index in [0.29, 0.717) is 5.75 Å². The molecule has 0 saturated heterocycles. The third-order valence-corrected chi connectivity index (χ3v) is 3.23. The van der Waals surface area contributed by atoms with Gasteiger partial charge in [-0.05, 0) is 25.8 Å². The van der Waals surface area contributed by atoms with Gasteiger partial charge < -0.3 is 15.6 Å². The predicted octanol–water partition coefficient (Wildman–Crippen LogP) is 2.63. The second kappa shape index (κ2) is 5.67. The summed E-state index contributed by atoms with van der Waals surface area (Å²) in [4.78, 5) is 0. The number of hydrogen-bond donors (Lipinski definition) is 2. The van der Waals surface area contributed by atoms with E-state index < -0.39 is 5.60 Å². The highest BCUT2D eigenvalue weighted by Gasteiger charge is 2.26. The summed E-state index contributed by atoms with van der Waals surface area (Å²) >= 11 is 0. The average Bonchev–Trinajstić information content (AvgIpc) is 2.26. The van der Waals surface area contributed by atoms with Gasteiger partial charge in [-0.25, -0.2) is 4.39 Å². The fraction of sp³-hybridized carbons (Fsp3) is 0.571. The second-order valence-electron chi connectivity index (χ2n) is 5.27. The monoisotopic (exact) mass is 255 g/mol. The molecular formula is C14H22FNO2. The molecule has 1 aromatic rings. The van der Waals surface area contributed by atoms with E-state index in [4.69, 9.17) is 10.5 Å². The minimum absolute atomic E-state index is 0.0461. The van der Waals surface area contributed by atoms with E-state index in [0.717, 1.165) is 5.56 Å². The number of hydrogen-bond acceptors (Lipinski definition) is 3. The van der Waals surface area contributed by atoms with Gasteiger partial charge in [0.15, 0.2) is 0 Å². The molecule has 0 aliphatic rings. The molecule has 0 aromatic heterocycles. The standard InChI is InChI=1S/C14H22FNO2/c1-9(2)14(4,17)8-18-13-7-11(15)5-6-12(13)10(3)16/h5-7,9-10,17H,8,16H2,1-4H3. The van der Waals surface area contributed by atoms with Crippen molar-refractivity contribution in [1.82, 2.24) is 0 Å². The van der Waals surface area contributed by atoms with Gasteiger partial charge in [-0.2, -0.15) is 0 Å². The topological polar surface area (TPSA) is 55.5 Å². The van der Waals surface area contributed by atoms with Crippen LogP contribution in [0.3, 0.4) is 0 Å². The Hall–Kier alpha value is -1.13. The quantitative estimate of drug-likeness (QED) is 0.850. The van der Waals surface area contributed by atoms with E-state index in [1.165, 1.54) is 12.1 Å². The Morgan fingerprint density at radius 2 is 2.00 bits per heavy atom. The van der Waals surface area contributed by atoms with Crippen LogP contribution in [0.2, 0.25) is 0 Å². The zero-order chi connectivity index (χ0) is 13.9. The Balaban J connectivity index is 2.87. The van der Waals surface area contributed by atoms with Crippen molar-refractivity contribution in [2.24, 2.45) is 11.7 Å². The van der Waals surface area contributed by atoms with Gasteiger partial charge in [0.1, 0.15) is 18.2 Å². The first-order valence-corrected chi connectivity index (χ1v) is 6.14. The number of benzene rings is 1. The molecule has 0 fully saturated rings. The van der Waals surface area contributed by atoms with Crippen LogP contribution >= 0.6 is 0 Å². The maximum atomic E-state index is 13.2. The van der Waals surface area contributed by atoms with E-state index >= 15 is 0 Å². The lowest BCUT2D eigenvalue weighted by atomic mass is 9.94. The minimum Gasteiger partial charge on any atom is -0.490 e. The number of halogens is 1. The first-order chi connectivity index (χ1) is 8.24. The number of rotatable bonds is 5. The van der Waals surface area contributed by atoms with Crippen molar-refractivity contribution in [2.75, 3.05) is 6.61 Å². The van der Waals surface area contributed by atoms with Crippen LogP contribution in [0.1, 0.15) is 39.3 Å². The number of ether oxygens (including phenoxy) is 1. The van der Waals surface area contributed by atoms with Crippen LogP contribution in [0.5, 0.6) is 5.75 Å². The Labute approximate surface area is 108 Å². The summed E-state index contributed by atoms with van der Waals surface area (Å²) in [5, 5.41) is 10.1. The summed E-state index contributed by atoms with van der Waals surface area (Å²) in [5.41, 5.74) is 5.57. The van der Waals surface area contributed by atoms with Gasteiger partial charge in [-0.3, -0.25) is 0 Å². The minimum atomic E-state index is -0.957. The molecular weight excluding hydrogens is 233 g/mol. The third-order valence-electron chi connectivity index (χ3n) is 3.23. The van der Waals surface area contributed by atoms with Gasteiger partial charge in [0.05, 0.1) is 5.60 Å². The Morgan fingerprint density at radius 3 is 2.50 bits per heavy atom. The Kier molecular flexibility index (Phi) is 4.71. The zero-order valence-corrected chi connectivity index (χ0v) is 11.4. The molecule has 3 nitrogen and oxygen atoms in total. The second-order valence-corrected chi connectivity index (χ2v) is 5.27. The van der Waals surface area contributed by atoms with E-state index in [9.17, 15) is 9.50 Å². The van der Waals surface area contributed by atoms with Crippen LogP contribution in [-0.4, -0.2) is 17.3 Å². The molecule has 0 heterocycles. The lowest BCUT2D eigenvalue weighted by molar-refractivity contribution is -0.0270. The van der Waals surface area contributed by atoms with Gasteiger partial charge in [-0.15, -0.1) is 0 Å². The van der Waals surface area contributed by atoms with E-state index in [-0.39, 0.29) is 24.4 Å². The van der Waals surface area contributed by atoms with Crippen molar-refractivity contribution in [3.8, 4) is 5.75 Å². The molecule has 0 spiro atoms. The van der Waals surface area contributed by atoms with Crippen LogP contribution < -0.4 is 10.5 Å². The maximum Gasteiger partial charge on any atom is 0.127 e. The van der Waals surface area contributed by atoms with E-state index in [1.54, 1.807) is 19.9 Å². The van der Waals surface area contributed by atoms with E-state index in [2.05, 4.69) is 0 Å². The van der Waals surface area contributed by atoms with Crippen LogP contribution in [0, 0.1) is 11.7 Å². The fourth-order valence-electron chi connectivity index (χ4n) is 1.40. The molecule has 2 atom stereocenters. The molecule has 102 valence electrons. The number of nitrogens with two attached hydrogens (primary N) is 1. The van der Waals surface area contributed by atoms with Crippen molar-refractivity contribution < 1.29 is 14.2 Å². The smallest absolute Gasteiger partial charge is 0.127 e. The van der Waals surface area contributed by atoms with Crippen LogP contribution in [0.4, 0.5) is 4.39 Å². The summed E-state index contributed by atoms with van der Waals surface area (Å²) in [7, 11) is 0. The highest BCUT2D eigenvalue weighted by molar-refractivity contribution is 5.36. The summed E-state index contributed by atoms with van der Waals surface area (Å²) in [6.07, 6.45) is 0. The molecule has 1 rings (SSSR count). The molecule has 18 heavy (non-hydrogen) atoms. The van der Waals surface area contributed by atoms with Crippen molar-refractivity contribution >= 4 is 0 Å². The molecule has 0 aliphatic carbocycles. The van der Waals surface area contributed by atoms with Crippen molar-refractivity contribution in [3.05, 3.63) is 29.6 Å². The van der Waals surface area contributed by atoms with Crippen LogP contribution in [-0.2, 0) is 0 Å². The molecule has 0 amide bonds. The number of aliphatic hydroxyl groups is 1. The lowest BCUT2D eigenvalue weighted by Crippen LogP contribution is -2.38. The van der Waals surface area contributed by atoms with Crippen molar-refractivity contribution in [3.63, 3.8) is 0 Å². The maximum absolute atomic E-state index is 13.2. The molecule has 2 unspecified atom stereocenters. The van der Waals surface area contributed by atoms with Crippen LogP contribution in [0.15, 0.2) is 18.2 Å². The van der Waals surface area contributed by atoms with Crippen LogP contribution in [0.25, 0.3) is 0 Å². The first-order valence-electron chi connectivity index (χ1n) is 6.14. The molecule has 0 radical (unpaired) electrons. The first kappa shape index (κ1) is 14.9. The third kappa shape index (κ3) is 3.68. The Bertz CT molecular complexity index is 403. The van der Waals surface area contributed by atoms with Crippen molar-refractivity contribution in [2.45, 2.75) is 39.3 Å². The fourth-order valence-corrected chi connectivity index (χ4v) is 1.40. The highest BCUT2D eigenvalue weighted by atomic mass is 19.1. The van der Waals surface area contributed by atoms with Gasteiger partial charge in [0.2, 0.25) is 0 Å². The van der Waals surface area contributed by atoms with Gasteiger partial charge in [0.25, 0.3) is 0 Å². The summed E-state index contributed by atoms with van der Waals surface area (Å²) < 4.78 is 18.7.